The maximum atomic E-state index is 12.2. The summed E-state index contributed by atoms with van der Waals surface area (Å²) in [5.74, 6) is -0.0328. The average Bonchev–Trinajstić information content (AvgIpc) is 2.06. The summed E-state index contributed by atoms with van der Waals surface area (Å²) in [7, 11) is 0. The van der Waals surface area contributed by atoms with Crippen LogP contribution < -0.4 is 4.74 Å². The Bertz CT molecular complexity index is 259. The van der Waals surface area contributed by atoms with E-state index in [-0.39, 0.29) is 5.75 Å². The molecule has 0 aliphatic heterocycles. The number of halogens is 2. The molecule has 2 nitrogen and oxygen atoms in total. The van der Waals surface area contributed by atoms with Crippen LogP contribution in [0.25, 0.3) is 0 Å². The van der Waals surface area contributed by atoms with Crippen molar-refractivity contribution in [2.45, 2.75) is 6.11 Å². The van der Waals surface area contributed by atoms with Crippen LogP contribution in [0, 0.1) is 0 Å². The summed E-state index contributed by atoms with van der Waals surface area (Å²) >= 11 is 0. The zero-order chi connectivity index (χ0) is 9.03. The Kier molecular flexibility index (Phi) is 2.38. The van der Waals surface area contributed by atoms with Crippen LogP contribution in [-0.4, -0.2) is 12.4 Å². The fraction of sp³-hybridized carbons (Fsp3) is 0.125. The number of rotatable bonds is 3. The van der Waals surface area contributed by atoms with E-state index in [4.69, 9.17) is 0 Å². The average molecular weight is 172 g/mol. The Morgan fingerprint density at radius 1 is 1.25 bits per heavy atom. The van der Waals surface area contributed by atoms with E-state index in [0.29, 0.717) is 0 Å². The molecule has 1 aromatic carbocycles. The summed E-state index contributed by atoms with van der Waals surface area (Å²) in [5, 5.41) is 0. The topological polar surface area (TPSA) is 26.3 Å². The molecule has 1 rings (SSSR count). The maximum Gasteiger partial charge on any atom is 0.457 e. The van der Waals surface area contributed by atoms with Gasteiger partial charge in [-0.2, -0.15) is 8.78 Å². The van der Waals surface area contributed by atoms with Crippen LogP contribution in [0.3, 0.4) is 0 Å². The largest absolute Gasteiger partial charge is 0.457 e. The molecule has 0 N–H and O–H groups in total. The highest BCUT2D eigenvalue weighted by atomic mass is 19.3. The Morgan fingerprint density at radius 2 is 1.83 bits per heavy atom. The van der Waals surface area contributed by atoms with Gasteiger partial charge in [0.1, 0.15) is 5.75 Å². The number of para-hydroxylation sites is 1. The zero-order valence-electron chi connectivity index (χ0n) is 6.04. The summed E-state index contributed by atoms with van der Waals surface area (Å²) in [4.78, 5) is 9.76. The highest BCUT2D eigenvalue weighted by Crippen LogP contribution is 2.18. The number of carbonyl (C=O) groups is 1. The summed E-state index contributed by atoms with van der Waals surface area (Å²) in [6.45, 7) is 0. The van der Waals surface area contributed by atoms with Gasteiger partial charge in [0.25, 0.3) is 0 Å². The van der Waals surface area contributed by atoms with Crippen molar-refractivity contribution in [1.29, 1.82) is 0 Å². The van der Waals surface area contributed by atoms with Gasteiger partial charge in [0.15, 0.2) is 0 Å². The van der Waals surface area contributed by atoms with E-state index in [0.717, 1.165) is 0 Å². The molecule has 0 unspecified atom stereocenters. The number of ether oxygens (including phenoxy) is 1. The molecule has 1 aromatic rings. The molecule has 0 aliphatic rings. The predicted molar refractivity (Wildman–Crippen MR) is 38.1 cm³/mol. The smallest absolute Gasteiger partial charge is 0.427 e. The molecular formula is C8H6F2O2. The SMILES string of the molecule is O=CC(F)(F)Oc1ccccc1. The first-order chi connectivity index (χ1) is 5.64. The van der Waals surface area contributed by atoms with Crippen molar-refractivity contribution >= 4 is 6.29 Å². The van der Waals surface area contributed by atoms with Crippen molar-refractivity contribution in [2.24, 2.45) is 0 Å². The maximum absolute atomic E-state index is 12.2. The van der Waals surface area contributed by atoms with Crippen molar-refractivity contribution in [3.05, 3.63) is 30.3 Å². The monoisotopic (exact) mass is 172 g/mol. The number of hydrogen-bond acceptors (Lipinski definition) is 2. The van der Waals surface area contributed by atoms with E-state index in [2.05, 4.69) is 4.74 Å². The molecule has 0 bridgehead atoms. The van der Waals surface area contributed by atoms with Crippen molar-refractivity contribution in [3.8, 4) is 5.75 Å². The molecule has 0 amide bonds. The molecule has 12 heavy (non-hydrogen) atoms. The molecule has 64 valence electrons. The van der Waals surface area contributed by atoms with Crippen molar-refractivity contribution in [3.63, 3.8) is 0 Å². The zero-order valence-corrected chi connectivity index (χ0v) is 6.04. The third-order valence-electron chi connectivity index (χ3n) is 1.13. The first kappa shape index (κ1) is 8.64. The number of alkyl halides is 2. The molecule has 0 atom stereocenters. The van der Waals surface area contributed by atoms with E-state index >= 15 is 0 Å². The first-order valence-corrected chi connectivity index (χ1v) is 3.22. The van der Waals surface area contributed by atoms with Gasteiger partial charge in [0.2, 0.25) is 6.29 Å². The lowest BCUT2D eigenvalue weighted by atomic mass is 10.3. The minimum absolute atomic E-state index is 0.0328. The van der Waals surface area contributed by atoms with E-state index in [1.807, 2.05) is 0 Å². The van der Waals surface area contributed by atoms with Crippen LogP contribution in [0.2, 0.25) is 0 Å². The van der Waals surface area contributed by atoms with Crippen LogP contribution in [-0.2, 0) is 4.79 Å². The Morgan fingerprint density at radius 3 is 2.33 bits per heavy atom. The van der Waals surface area contributed by atoms with E-state index in [9.17, 15) is 13.6 Å². The van der Waals surface area contributed by atoms with Gasteiger partial charge < -0.3 is 4.74 Å². The molecule has 0 heterocycles. The van der Waals surface area contributed by atoms with Gasteiger partial charge in [-0.3, -0.25) is 4.79 Å². The Labute approximate surface area is 67.8 Å². The van der Waals surface area contributed by atoms with Gasteiger partial charge in [-0.15, -0.1) is 0 Å². The summed E-state index contributed by atoms with van der Waals surface area (Å²) in [6, 6.07) is 7.42. The van der Waals surface area contributed by atoms with Gasteiger partial charge >= 0.3 is 6.11 Å². The van der Waals surface area contributed by atoms with E-state index in [1.54, 1.807) is 6.07 Å². The van der Waals surface area contributed by atoms with Crippen molar-refractivity contribution in [2.75, 3.05) is 0 Å². The highest BCUT2D eigenvalue weighted by molar-refractivity contribution is 5.58. The molecule has 0 aliphatic carbocycles. The first-order valence-electron chi connectivity index (χ1n) is 3.22. The minimum atomic E-state index is -3.73. The Hall–Kier alpha value is -1.45. The summed E-state index contributed by atoms with van der Waals surface area (Å²) in [6.07, 6.45) is -4.28. The van der Waals surface area contributed by atoms with Crippen LogP contribution in [0.4, 0.5) is 8.78 Å². The number of carbonyl (C=O) groups excluding carboxylic acids is 1. The Balaban J connectivity index is 2.70. The quantitative estimate of drug-likeness (QED) is 0.650. The van der Waals surface area contributed by atoms with Gasteiger partial charge in [-0.1, -0.05) is 18.2 Å². The summed E-state index contributed by atoms with van der Waals surface area (Å²) < 4.78 is 28.5. The predicted octanol–water partition coefficient (Wildman–Crippen LogP) is 1.86. The van der Waals surface area contributed by atoms with Crippen molar-refractivity contribution < 1.29 is 18.3 Å². The van der Waals surface area contributed by atoms with Gasteiger partial charge in [0, 0.05) is 0 Å². The third kappa shape index (κ3) is 2.30. The molecular weight excluding hydrogens is 166 g/mol. The second-order valence-electron chi connectivity index (χ2n) is 2.09. The lowest BCUT2D eigenvalue weighted by Crippen LogP contribution is -2.25. The number of aldehydes is 1. The summed E-state index contributed by atoms with van der Waals surface area (Å²) in [5.41, 5.74) is 0. The number of benzene rings is 1. The standard InChI is InChI=1S/C8H6F2O2/c9-8(10,6-11)12-7-4-2-1-3-5-7/h1-6H. The molecule has 0 saturated carbocycles. The van der Waals surface area contributed by atoms with Crippen LogP contribution in [0.1, 0.15) is 0 Å². The molecule has 0 fully saturated rings. The molecule has 0 saturated heterocycles. The fourth-order valence-electron chi connectivity index (χ4n) is 0.670. The molecule has 0 radical (unpaired) electrons. The lowest BCUT2D eigenvalue weighted by molar-refractivity contribution is -0.176. The second kappa shape index (κ2) is 3.30. The van der Waals surface area contributed by atoms with E-state index < -0.39 is 12.4 Å². The minimum Gasteiger partial charge on any atom is -0.427 e. The van der Waals surface area contributed by atoms with Crippen LogP contribution in [0.15, 0.2) is 30.3 Å². The van der Waals surface area contributed by atoms with Crippen LogP contribution >= 0.6 is 0 Å². The third-order valence-corrected chi connectivity index (χ3v) is 1.13. The van der Waals surface area contributed by atoms with E-state index in [1.165, 1.54) is 24.3 Å². The van der Waals surface area contributed by atoms with Gasteiger partial charge in [-0.05, 0) is 12.1 Å². The highest BCUT2D eigenvalue weighted by Gasteiger charge is 2.30. The number of hydrogen-bond donors (Lipinski definition) is 0. The van der Waals surface area contributed by atoms with Gasteiger partial charge in [0.05, 0.1) is 0 Å². The normalized spacial score (nSPS) is 10.8. The van der Waals surface area contributed by atoms with Crippen molar-refractivity contribution in [1.82, 2.24) is 0 Å². The molecule has 0 spiro atoms. The molecule has 0 aromatic heterocycles. The second-order valence-corrected chi connectivity index (χ2v) is 2.09. The van der Waals surface area contributed by atoms with Gasteiger partial charge in [-0.25, -0.2) is 0 Å². The van der Waals surface area contributed by atoms with Crippen LogP contribution in [0.5, 0.6) is 5.75 Å². The fourth-order valence-corrected chi connectivity index (χ4v) is 0.670. The lowest BCUT2D eigenvalue weighted by Gasteiger charge is -2.10. The molecule has 4 heteroatoms.